The van der Waals surface area contributed by atoms with Crippen molar-refractivity contribution < 1.29 is 4.79 Å². The van der Waals surface area contributed by atoms with E-state index in [1.165, 1.54) is 16.8 Å². The van der Waals surface area contributed by atoms with Gasteiger partial charge >= 0.3 is 0 Å². The van der Waals surface area contributed by atoms with E-state index in [1.807, 2.05) is 32.6 Å². The number of likely N-dealkylation sites (tertiary alicyclic amines) is 1. The average Bonchev–Trinajstić information content (AvgIpc) is 3.41. The summed E-state index contributed by atoms with van der Waals surface area (Å²) < 4.78 is 1.73. The van der Waals surface area contributed by atoms with E-state index in [0.29, 0.717) is 17.4 Å². The van der Waals surface area contributed by atoms with Gasteiger partial charge in [-0.1, -0.05) is 24.3 Å². The number of carbonyl (C=O) groups is 1. The lowest BCUT2D eigenvalue weighted by atomic mass is 9.87. The van der Waals surface area contributed by atoms with Crippen LogP contribution >= 0.6 is 0 Å². The molecule has 1 amide bonds. The van der Waals surface area contributed by atoms with Gasteiger partial charge in [0.2, 0.25) is 0 Å². The lowest BCUT2D eigenvalue weighted by Gasteiger charge is -2.31. The van der Waals surface area contributed by atoms with E-state index in [9.17, 15) is 4.79 Å². The van der Waals surface area contributed by atoms with Crippen LogP contribution < -0.4 is 4.90 Å². The Bertz CT molecular complexity index is 1080. The predicted molar refractivity (Wildman–Crippen MR) is 116 cm³/mol. The summed E-state index contributed by atoms with van der Waals surface area (Å²) in [7, 11) is 1.87. The Morgan fingerprint density at radius 2 is 1.80 bits per heavy atom. The molecule has 2 aliphatic rings. The molecule has 5 rings (SSSR count). The first-order valence-corrected chi connectivity index (χ1v) is 10.5. The lowest BCUT2D eigenvalue weighted by Crippen LogP contribution is -2.36. The van der Waals surface area contributed by atoms with Gasteiger partial charge in [0.25, 0.3) is 5.91 Å². The van der Waals surface area contributed by atoms with Crippen molar-refractivity contribution in [1.82, 2.24) is 19.7 Å². The second-order valence-electron chi connectivity index (χ2n) is 8.60. The van der Waals surface area contributed by atoms with Gasteiger partial charge in [-0.05, 0) is 37.1 Å². The SMILES string of the molecule is Cc1ccccc1[C@@H]1[C@H]2CN(c3ccncc3)C[C@H]2CN1C(=O)c1cn(C)nc1C. The first kappa shape index (κ1) is 18.9. The number of fused-ring (bicyclic) bond motifs is 1. The largest absolute Gasteiger partial charge is 0.371 e. The minimum absolute atomic E-state index is 0.0788. The van der Waals surface area contributed by atoms with Crippen molar-refractivity contribution >= 4 is 11.6 Å². The summed E-state index contributed by atoms with van der Waals surface area (Å²) in [5.74, 6) is 0.947. The maximum absolute atomic E-state index is 13.6. The number of anilines is 1. The summed E-state index contributed by atoms with van der Waals surface area (Å²) in [5.41, 5.74) is 5.22. The van der Waals surface area contributed by atoms with Crippen molar-refractivity contribution in [3.8, 4) is 0 Å². The smallest absolute Gasteiger partial charge is 0.257 e. The Morgan fingerprint density at radius 3 is 2.50 bits per heavy atom. The Morgan fingerprint density at radius 1 is 1.03 bits per heavy atom. The molecule has 6 heteroatoms. The average molecular weight is 402 g/mol. The number of aryl methyl sites for hydroxylation is 3. The van der Waals surface area contributed by atoms with Gasteiger partial charge in [0.1, 0.15) is 0 Å². The van der Waals surface area contributed by atoms with Crippen LogP contribution in [0.2, 0.25) is 0 Å². The van der Waals surface area contributed by atoms with Gasteiger partial charge in [0.15, 0.2) is 0 Å². The van der Waals surface area contributed by atoms with Crippen LogP contribution in [0.5, 0.6) is 0 Å². The Kier molecular flexibility index (Phi) is 4.57. The van der Waals surface area contributed by atoms with Crippen LogP contribution in [0.25, 0.3) is 0 Å². The van der Waals surface area contributed by atoms with Gasteiger partial charge < -0.3 is 9.80 Å². The highest BCUT2D eigenvalue weighted by Gasteiger charge is 2.49. The van der Waals surface area contributed by atoms with Gasteiger partial charge in [-0.15, -0.1) is 0 Å². The molecule has 2 fully saturated rings. The fourth-order valence-corrected chi connectivity index (χ4v) is 5.30. The molecule has 0 bridgehead atoms. The highest BCUT2D eigenvalue weighted by Crippen LogP contribution is 2.47. The number of amides is 1. The maximum Gasteiger partial charge on any atom is 0.257 e. The van der Waals surface area contributed by atoms with Crippen LogP contribution in [0, 0.1) is 25.7 Å². The van der Waals surface area contributed by atoms with E-state index in [2.05, 4.69) is 63.2 Å². The fourth-order valence-electron chi connectivity index (χ4n) is 5.30. The van der Waals surface area contributed by atoms with Gasteiger partial charge in [-0.3, -0.25) is 14.5 Å². The minimum atomic E-state index is 0.0788. The van der Waals surface area contributed by atoms with Gasteiger partial charge in [0.05, 0.1) is 17.3 Å². The molecule has 0 N–H and O–H groups in total. The van der Waals surface area contributed by atoms with Crippen LogP contribution in [0.4, 0.5) is 5.69 Å². The number of pyridine rings is 1. The quantitative estimate of drug-likeness (QED) is 0.675. The molecule has 1 aromatic carbocycles. The van der Waals surface area contributed by atoms with E-state index in [-0.39, 0.29) is 11.9 Å². The minimum Gasteiger partial charge on any atom is -0.371 e. The Hall–Kier alpha value is -3.15. The molecule has 3 atom stereocenters. The van der Waals surface area contributed by atoms with Gasteiger partial charge in [0, 0.05) is 62.8 Å². The topological polar surface area (TPSA) is 54.3 Å². The number of nitrogens with zero attached hydrogens (tertiary/aromatic N) is 5. The van der Waals surface area contributed by atoms with Crippen molar-refractivity contribution in [3.05, 3.63) is 77.4 Å². The van der Waals surface area contributed by atoms with Crippen LogP contribution in [-0.4, -0.2) is 45.2 Å². The number of aromatic nitrogens is 3. The summed E-state index contributed by atoms with van der Waals surface area (Å²) in [4.78, 5) is 22.3. The summed E-state index contributed by atoms with van der Waals surface area (Å²) in [6, 6.07) is 12.7. The number of rotatable bonds is 3. The molecule has 0 unspecified atom stereocenters. The third-order valence-electron chi connectivity index (χ3n) is 6.70. The van der Waals surface area contributed by atoms with Crippen LogP contribution in [0.3, 0.4) is 0 Å². The molecule has 4 heterocycles. The predicted octanol–water partition coefficient (Wildman–Crippen LogP) is 3.38. The molecule has 2 aliphatic heterocycles. The summed E-state index contributed by atoms with van der Waals surface area (Å²) in [6.45, 7) is 6.75. The number of benzene rings is 1. The molecular weight excluding hydrogens is 374 g/mol. The second kappa shape index (κ2) is 7.27. The van der Waals surface area contributed by atoms with Gasteiger partial charge in [-0.25, -0.2) is 0 Å². The van der Waals surface area contributed by atoms with E-state index in [1.54, 1.807) is 4.68 Å². The molecule has 30 heavy (non-hydrogen) atoms. The van der Waals surface area contributed by atoms with Crippen LogP contribution in [0.1, 0.15) is 33.2 Å². The van der Waals surface area contributed by atoms with Crippen molar-refractivity contribution in [3.63, 3.8) is 0 Å². The molecule has 0 radical (unpaired) electrons. The molecule has 0 aliphatic carbocycles. The zero-order valence-corrected chi connectivity index (χ0v) is 17.7. The first-order valence-electron chi connectivity index (χ1n) is 10.5. The van der Waals surface area contributed by atoms with Gasteiger partial charge in [-0.2, -0.15) is 5.10 Å². The molecular formula is C24H27N5O. The highest BCUT2D eigenvalue weighted by molar-refractivity contribution is 5.95. The summed E-state index contributed by atoms with van der Waals surface area (Å²) in [5, 5.41) is 4.40. The van der Waals surface area contributed by atoms with Crippen molar-refractivity contribution in [1.29, 1.82) is 0 Å². The number of hydrogen-bond acceptors (Lipinski definition) is 4. The van der Waals surface area contributed by atoms with E-state index in [0.717, 1.165) is 25.3 Å². The molecule has 154 valence electrons. The molecule has 2 aromatic heterocycles. The maximum atomic E-state index is 13.6. The van der Waals surface area contributed by atoms with Crippen LogP contribution in [-0.2, 0) is 7.05 Å². The normalized spacial score (nSPS) is 23.1. The lowest BCUT2D eigenvalue weighted by molar-refractivity contribution is 0.0714. The number of hydrogen-bond donors (Lipinski definition) is 0. The highest BCUT2D eigenvalue weighted by atomic mass is 16.2. The third-order valence-corrected chi connectivity index (χ3v) is 6.70. The van der Waals surface area contributed by atoms with E-state index >= 15 is 0 Å². The Labute approximate surface area is 177 Å². The molecule has 0 saturated carbocycles. The number of carbonyl (C=O) groups excluding carboxylic acids is 1. The summed E-state index contributed by atoms with van der Waals surface area (Å²) >= 11 is 0. The Balaban J connectivity index is 1.51. The zero-order valence-electron chi connectivity index (χ0n) is 17.7. The monoisotopic (exact) mass is 401 g/mol. The zero-order chi connectivity index (χ0) is 20.8. The fraction of sp³-hybridized carbons (Fsp3) is 0.375. The first-order chi connectivity index (χ1) is 14.5. The summed E-state index contributed by atoms with van der Waals surface area (Å²) in [6.07, 6.45) is 5.55. The molecule has 3 aromatic rings. The van der Waals surface area contributed by atoms with Crippen molar-refractivity contribution in [2.75, 3.05) is 24.5 Å². The standard InChI is InChI=1S/C24H27N5O/c1-16-6-4-5-7-20(16)23-22-15-28(19-8-10-25-11-9-19)12-18(22)13-29(23)24(30)21-14-27(3)26-17(21)2/h4-11,14,18,22-23H,12-13,15H2,1-3H3/t18-,22-,23+/m0/s1. The van der Waals surface area contributed by atoms with E-state index < -0.39 is 0 Å². The van der Waals surface area contributed by atoms with Crippen molar-refractivity contribution in [2.24, 2.45) is 18.9 Å². The van der Waals surface area contributed by atoms with Crippen molar-refractivity contribution in [2.45, 2.75) is 19.9 Å². The van der Waals surface area contributed by atoms with Crippen LogP contribution in [0.15, 0.2) is 55.0 Å². The molecule has 2 saturated heterocycles. The third kappa shape index (κ3) is 3.07. The second-order valence-corrected chi connectivity index (χ2v) is 8.60. The van der Waals surface area contributed by atoms with E-state index in [4.69, 9.17) is 0 Å². The molecule has 6 nitrogen and oxygen atoms in total. The molecule has 0 spiro atoms.